The molecule has 0 amide bonds. The number of esters is 1. The molecule has 2 N–H and O–H groups in total. The lowest BCUT2D eigenvalue weighted by atomic mass is 10.1. The van der Waals surface area contributed by atoms with Gasteiger partial charge in [-0.3, -0.25) is 0 Å². The molecule has 0 aliphatic heterocycles. The van der Waals surface area contributed by atoms with Crippen LogP contribution in [0, 0.1) is 0 Å². The Kier molecular flexibility index (Phi) is 5.49. The van der Waals surface area contributed by atoms with Crippen molar-refractivity contribution in [3.05, 3.63) is 23.8 Å². The molecule has 0 bridgehead atoms. The van der Waals surface area contributed by atoms with Crippen molar-refractivity contribution in [2.24, 2.45) is 0 Å². The van der Waals surface area contributed by atoms with E-state index in [0.717, 1.165) is 25.1 Å². The summed E-state index contributed by atoms with van der Waals surface area (Å²) >= 11 is 0. The topological polar surface area (TPSA) is 55.6 Å². The van der Waals surface area contributed by atoms with Crippen molar-refractivity contribution in [1.82, 2.24) is 0 Å². The minimum Gasteiger partial charge on any atom is -0.462 e. The third-order valence-corrected chi connectivity index (χ3v) is 2.80. The lowest BCUT2D eigenvalue weighted by molar-refractivity contribution is 0.0526. The van der Waals surface area contributed by atoms with Gasteiger partial charge in [0.15, 0.2) is 0 Å². The average Bonchev–Trinajstić information content (AvgIpc) is 2.36. The molecular formula is C14H22N2O2. The van der Waals surface area contributed by atoms with Crippen LogP contribution >= 0.6 is 0 Å². The van der Waals surface area contributed by atoms with E-state index in [9.17, 15) is 4.79 Å². The van der Waals surface area contributed by atoms with Gasteiger partial charge in [0.25, 0.3) is 0 Å². The zero-order valence-corrected chi connectivity index (χ0v) is 11.4. The van der Waals surface area contributed by atoms with Crippen LogP contribution in [0.3, 0.4) is 0 Å². The Balaban J connectivity index is 2.82. The maximum atomic E-state index is 11.6. The molecule has 0 aliphatic carbocycles. The fraction of sp³-hybridized carbons (Fsp3) is 0.500. The van der Waals surface area contributed by atoms with Crippen molar-refractivity contribution >= 4 is 17.3 Å². The lowest BCUT2D eigenvalue weighted by Gasteiger charge is -2.21. The summed E-state index contributed by atoms with van der Waals surface area (Å²) in [5, 5.41) is 0. The van der Waals surface area contributed by atoms with Gasteiger partial charge in [0, 0.05) is 13.6 Å². The molecule has 0 aromatic heterocycles. The summed E-state index contributed by atoms with van der Waals surface area (Å²) in [4.78, 5) is 13.7. The molecule has 18 heavy (non-hydrogen) atoms. The SMILES string of the molecule is CCCCN(C)c1ccc(C(=O)OCC)cc1N. The first-order valence-corrected chi connectivity index (χ1v) is 6.37. The van der Waals surface area contributed by atoms with E-state index in [0.29, 0.717) is 17.9 Å². The molecule has 0 fully saturated rings. The number of benzene rings is 1. The second-order valence-electron chi connectivity index (χ2n) is 4.27. The summed E-state index contributed by atoms with van der Waals surface area (Å²) in [7, 11) is 2.01. The summed E-state index contributed by atoms with van der Waals surface area (Å²) in [6.45, 7) is 5.27. The summed E-state index contributed by atoms with van der Waals surface area (Å²) in [5.41, 5.74) is 8.05. The number of nitrogens with zero attached hydrogens (tertiary/aromatic N) is 1. The Hall–Kier alpha value is -1.71. The van der Waals surface area contributed by atoms with Gasteiger partial charge in [0.05, 0.1) is 23.5 Å². The molecule has 0 atom stereocenters. The molecule has 0 radical (unpaired) electrons. The van der Waals surface area contributed by atoms with Crippen LogP contribution in [0.2, 0.25) is 0 Å². The van der Waals surface area contributed by atoms with E-state index >= 15 is 0 Å². The van der Waals surface area contributed by atoms with Gasteiger partial charge in [-0.2, -0.15) is 0 Å². The quantitative estimate of drug-likeness (QED) is 0.623. The molecule has 0 spiro atoms. The fourth-order valence-electron chi connectivity index (χ4n) is 1.76. The van der Waals surface area contributed by atoms with Crippen molar-refractivity contribution in [3.63, 3.8) is 0 Å². The second-order valence-corrected chi connectivity index (χ2v) is 4.27. The molecule has 0 aliphatic rings. The zero-order valence-electron chi connectivity index (χ0n) is 11.4. The number of anilines is 2. The van der Waals surface area contributed by atoms with E-state index in [4.69, 9.17) is 10.5 Å². The summed E-state index contributed by atoms with van der Waals surface area (Å²) in [6.07, 6.45) is 2.26. The highest BCUT2D eigenvalue weighted by Gasteiger charge is 2.10. The smallest absolute Gasteiger partial charge is 0.338 e. The highest BCUT2D eigenvalue weighted by atomic mass is 16.5. The van der Waals surface area contributed by atoms with Gasteiger partial charge >= 0.3 is 5.97 Å². The van der Waals surface area contributed by atoms with E-state index in [2.05, 4.69) is 11.8 Å². The summed E-state index contributed by atoms with van der Waals surface area (Å²) in [6, 6.07) is 5.30. The number of ether oxygens (including phenoxy) is 1. The maximum absolute atomic E-state index is 11.6. The van der Waals surface area contributed by atoms with Crippen LogP contribution in [0.25, 0.3) is 0 Å². The fourth-order valence-corrected chi connectivity index (χ4v) is 1.76. The van der Waals surface area contributed by atoms with E-state index in [1.54, 1.807) is 19.1 Å². The van der Waals surface area contributed by atoms with Crippen LogP contribution in [0.1, 0.15) is 37.0 Å². The summed E-state index contributed by atoms with van der Waals surface area (Å²) in [5.74, 6) is -0.327. The van der Waals surface area contributed by atoms with Crippen LogP contribution in [-0.2, 0) is 4.74 Å². The van der Waals surface area contributed by atoms with Gasteiger partial charge in [0.2, 0.25) is 0 Å². The number of hydrogen-bond acceptors (Lipinski definition) is 4. The molecule has 1 aromatic rings. The van der Waals surface area contributed by atoms with Crippen molar-refractivity contribution in [2.45, 2.75) is 26.7 Å². The number of carbonyl (C=O) groups is 1. The van der Waals surface area contributed by atoms with Gasteiger partial charge in [-0.05, 0) is 31.5 Å². The molecule has 4 nitrogen and oxygen atoms in total. The molecule has 100 valence electrons. The minimum atomic E-state index is -0.327. The van der Waals surface area contributed by atoms with Crippen molar-refractivity contribution in [1.29, 1.82) is 0 Å². The van der Waals surface area contributed by atoms with Crippen LogP contribution < -0.4 is 10.6 Å². The van der Waals surface area contributed by atoms with Gasteiger partial charge < -0.3 is 15.4 Å². The zero-order chi connectivity index (χ0) is 13.5. The predicted octanol–water partition coefficient (Wildman–Crippen LogP) is 2.68. The molecular weight excluding hydrogens is 228 g/mol. The summed E-state index contributed by atoms with van der Waals surface area (Å²) < 4.78 is 4.94. The number of carbonyl (C=O) groups excluding carboxylic acids is 1. The molecule has 0 heterocycles. The Morgan fingerprint density at radius 1 is 1.39 bits per heavy atom. The van der Waals surface area contributed by atoms with E-state index < -0.39 is 0 Å². The monoisotopic (exact) mass is 250 g/mol. The number of unbranched alkanes of at least 4 members (excludes halogenated alkanes) is 1. The van der Waals surface area contributed by atoms with Crippen LogP contribution in [0.5, 0.6) is 0 Å². The van der Waals surface area contributed by atoms with E-state index in [-0.39, 0.29) is 5.97 Å². The highest BCUT2D eigenvalue weighted by Crippen LogP contribution is 2.24. The van der Waals surface area contributed by atoms with Crippen LogP contribution in [-0.4, -0.2) is 26.2 Å². The third kappa shape index (κ3) is 3.65. The lowest BCUT2D eigenvalue weighted by Crippen LogP contribution is -2.20. The predicted molar refractivity (Wildman–Crippen MR) is 75.0 cm³/mol. The molecule has 0 unspecified atom stereocenters. The first kappa shape index (κ1) is 14.4. The van der Waals surface area contributed by atoms with E-state index in [1.165, 1.54) is 0 Å². The Labute approximate surface area is 109 Å². The largest absolute Gasteiger partial charge is 0.462 e. The molecule has 0 saturated heterocycles. The number of hydrogen-bond donors (Lipinski definition) is 1. The van der Waals surface area contributed by atoms with Crippen molar-refractivity contribution in [3.8, 4) is 0 Å². The Bertz CT molecular complexity index is 405. The maximum Gasteiger partial charge on any atom is 0.338 e. The number of nitrogens with two attached hydrogens (primary N) is 1. The van der Waals surface area contributed by atoms with Gasteiger partial charge in [-0.25, -0.2) is 4.79 Å². The van der Waals surface area contributed by atoms with Crippen molar-refractivity contribution in [2.75, 3.05) is 30.8 Å². The Morgan fingerprint density at radius 2 is 2.11 bits per heavy atom. The number of nitrogen functional groups attached to an aromatic ring is 1. The third-order valence-electron chi connectivity index (χ3n) is 2.80. The molecule has 1 aromatic carbocycles. The van der Waals surface area contributed by atoms with E-state index in [1.807, 2.05) is 13.1 Å². The average molecular weight is 250 g/mol. The normalized spacial score (nSPS) is 10.2. The van der Waals surface area contributed by atoms with Gasteiger partial charge in [-0.15, -0.1) is 0 Å². The standard InChI is InChI=1S/C14H22N2O2/c1-4-6-9-16(3)13-8-7-11(10-12(13)15)14(17)18-5-2/h7-8,10H,4-6,9,15H2,1-3H3. The number of rotatable bonds is 6. The molecule has 1 rings (SSSR count). The molecule has 4 heteroatoms. The minimum absolute atomic E-state index is 0.327. The van der Waals surface area contributed by atoms with Crippen LogP contribution in [0.4, 0.5) is 11.4 Å². The second kappa shape index (κ2) is 6.89. The highest BCUT2D eigenvalue weighted by molar-refractivity contribution is 5.92. The van der Waals surface area contributed by atoms with Gasteiger partial charge in [-0.1, -0.05) is 13.3 Å². The molecule has 0 saturated carbocycles. The van der Waals surface area contributed by atoms with Crippen LogP contribution in [0.15, 0.2) is 18.2 Å². The van der Waals surface area contributed by atoms with Gasteiger partial charge in [0.1, 0.15) is 0 Å². The Morgan fingerprint density at radius 3 is 2.67 bits per heavy atom. The van der Waals surface area contributed by atoms with Crippen molar-refractivity contribution < 1.29 is 9.53 Å². The first-order valence-electron chi connectivity index (χ1n) is 6.37. The first-order chi connectivity index (χ1) is 8.60.